The summed E-state index contributed by atoms with van der Waals surface area (Å²) in [5, 5.41) is 14.9. The molecule has 3 N–H and O–H groups in total. The minimum atomic E-state index is -0.637. The maximum Gasteiger partial charge on any atom is 0.262 e. The number of ether oxygens (including phenoxy) is 1. The summed E-state index contributed by atoms with van der Waals surface area (Å²) in [4.78, 5) is 38.5. The largest absolute Gasteiger partial charge is 0.484 e. The maximum atomic E-state index is 12.4. The second kappa shape index (κ2) is 11.0. The molecule has 0 bridgehead atoms. The number of amides is 3. The second-order valence-corrected chi connectivity index (χ2v) is 8.29. The zero-order valence-electron chi connectivity index (χ0n) is 19.3. The molecule has 0 aromatic heterocycles. The van der Waals surface area contributed by atoms with Crippen LogP contribution in [0.2, 0.25) is 0 Å². The van der Waals surface area contributed by atoms with Gasteiger partial charge in [-0.1, -0.05) is 25.1 Å². The summed E-state index contributed by atoms with van der Waals surface area (Å²) in [7, 11) is 0. The van der Waals surface area contributed by atoms with E-state index in [0.717, 1.165) is 23.2 Å². The fourth-order valence-electron chi connectivity index (χ4n) is 3.77. The van der Waals surface area contributed by atoms with Gasteiger partial charge in [0.15, 0.2) is 6.61 Å². The predicted octanol–water partition coefficient (Wildman–Crippen LogP) is 2.42. The molecule has 33 heavy (non-hydrogen) atoms. The summed E-state index contributed by atoms with van der Waals surface area (Å²) in [6.07, 6.45) is 0.308. The molecule has 0 unspecified atom stereocenters. The molecule has 3 rings (SSSR count). The van der Waals surface area contributed by atoms with Gasteiger partial charge < -0.3 is 25.4 Å². The highest BCUT2D eigenvalue weighted by atomic mass is 16.5. The third kappa shape index (κ3) is 6.32. The van der Waals surface area contributed by atoms with Crippen LogP contribution < -0.4 is 20.3 Å². The van der Waals surface area contributed by atoms with Crippen LogP contribution >= 0.6 is 0 Å². The van der Waals surface area contributed by atoms with Gasteiger partial charge in [-0.25, -0.2) is 0 Å². The SMILES string of the molecule is CCc1cccc(C)c1NC(=O)COc1ccc(N2C[C@H](C(=O)NC[C@H](C)O)CC2=O)cc1. The number of rotatable bonds is 9. The lowest BCUT2D eigenvalue weighted by molar-refractivity contribution is -0.126. The highest BCUT2D eigenvalue weighted by Gasteiger charge is 2.35. The van der Waals surface area contributed by atoms with E-state index in [1.165, 1.54) is 0 Å². The predicted molar refractivity (Wildman–Crippen MR) is 126 cm³/mol. The van der Waals surface area contributed by atoms with Gasteiger partial charge in [0.25, 0.3) is 5.91 Å². The molecule has 176 valence electrons. The van der Waals surface area contributed by atoms with E-state index >= 15 is 0 Å². The fraction of sp³-hybridized carbons (Fsp3) is 0.400. The minimum absolute atomic E-state index is 0.128. The van der Waals surface area contributed by atoms with Crippen molar-refractivity contribution in [1.29, 1.82) is 0 Å². The number of aliphatic hydroxyl groups is 1. The number of nitrogens with zero attached hydrogens (tertiary/aromatic N) is 1. The molecular formula is C25H31N3O5. The first-order valence-electron chi connectivity index (χ1n) is 11.2. The Bertz CT molecular complexity index is 1000. The van der Waals surface area contributed by atoms with Crippen LogP contribution in [0, 0.1) is 12.8 Å². The maximum absolute atomic E-state index is 12.4. The molecule has 1 fully saturated rings. The van der Waals surface area contributed by atoms with Gasteiger partial charge in [-0.05, 0) is 55.7 Å². The van der Waals surface area contributed by atoms with Crippen molar-refractivity contribution in [2.45, 2.75) is 39.7 Å². The van der Waals surface area contributed by atoms with E-state index in [2.05, 4.69) is 10.6 Å². The number of anilines is 2. The number of nitrogens with one attached hydrogen (secondary N) is 2. The van der Waals surface area contributed by atoms with Crippen molar-refractivity contribution in [2.24, 2.45) is 5.92 Å². The van der Waals surface area contributed by atoms with Gasteiger partial charge in [0.2, 0.25) is 11.8 Å². The summed E-state index contributed by atoms with van der Waals surface area (Å²) in [5.74, 6) is -0.566. The van der Waals surface area contributed by atoms with Crippen LogP contribution in [0.25, 0.3) is 0 Å². The molecule has 0 saturated carbocycles. The molecule has 3 amide bonds. The molecule has 2 aromatic rings. The number of para-hydroxylation sites is 1. The lowest BCUT2D eigenvalue weighted by Gasteiger charge is -2.17. The first-order valence-corrected chi connectivity index (χ1v) is 11.2. The molecule has 2 atom stereocenters. The van der Waals surface area contributed by atoms with Gasteiger partial charge in [0.05, 0.1) is 12.0 Å². The Morgan fingerprint density at radius 1 is 1.21 bits per heavy atom. The molecule has 1 aliphatic rings. The number of aryl methyl sites for hydroxylation is 2. The van der Waals surface area contributed by atoms with Crippen molar-refractivity contribution >= 4 is 29.1 Å². The number of aliphatic hydroxyl groups excluding tert-OH is 1. The number of carbonyl (C=O) groups excluding carboxylic acids is 3. The third-order valence-corrected chi connectivity index (χ3v) is 5.59. The topological polar surface area (TPSA) is 108 Å². The number of carbonyl (C=O) groups is 3. The van der Waals surface area contributed by atoms with Crippen LogP contribution in [0.4, 0.5) is 11.4 Å². The lowest BCUT2D eigenvalue weighted by Crippen LogP contribution is -2.36. The van der Waals surface area contributed by atoms with Crippen molar-refractivity contribution in [3.8, 4) is 5.75 Å². The molecule has 0 aliphatic carbocycles. The summed E-state index contributed by atoms with van der Waals surface area (Å²) in [5.41, 5.74) is 3.56. The van der Waals surface area contributed by atoms with Crippen LogP contribution in [-0.2, 0) is 20.8 Å². The quantitative estimate of drug-likeness (QED) is 0.541. The van der Waals surface area contributed by atoms with Gasteiger partial charge >= 0.3 is 0 Å². The Labute approximate surface area is 193 Å². The number of hydrogen-bond donors (Lipinski definition) is 3. The van der Waals surface area contributed by atoms with E-state index in [-0.39, 0.29) is 43.8 Å². The Hall–Kier alpha value is -3.39. The summed E-state index contributed by atoms with van der Waals surface area (Å²) >= 11 is 0. The Morgan fingerprint density at radius 3 is 2.61 bits per heavy atom. The van der Waals surface area contributed by atoms with Crippen molar-refractivity contribution < 1.29 is 24.2 Å². The zero-order chi connectivity index (χ0) is 24.0. The van der Waals surface area contributed by atoms with Crippen molar-refractivity contribution in [3.63, 3.8) is 0 Å². The van der Waals surface area contributed by atoms with E-state index in [4.69, 9.17) is 4.74 Å². The lowest BCUT2D eigenvalue weighted by atomic mass is 10.1. The monoisotopic (exact) mass is 453 g/mol. The first kappa shape index (κ1) is 24.3. The smallest absolute Gasteiger partial charge is 0.262 e. The highest BCUT2D eigenvalue weighted by Crippen LogP contribution is 2.27. The average molecular weight is 454 g/mol. The normalized spacial score (nSPS) is 16.4. The van der Waals surface area contributed by atoms with E-state index in [1.807, 2.05) is 32.0 Å². The summed E-state index contributed by atoms with van der Waals surface area (Å²) in [6.45, 7) is 5.89. The van der Waals surface area contributed by atoms with Crippen molar-refractivity contribution in [1.82, 2.24) is 5.32 Å². The minimum Gasteiger partial charge on any atom is -0.484 e. The second-order valence-electron chi connectivity index (χ2n) is 8.29. The van der Waals surface area contributed by atoms with Gasteiger partial charge in [0, 0.05) is 30.9 Å². The first-order chi connectivity index (χ1) is 15.8. The number of hydrogen-bond acceptors (Lipinski definition) is 5. The van der Waals surface area contributed by atoms with Gasteiger partial charge in [0.1, 0.15) is 5.75 Å². The highest BCUT2D eigenvalue weighted by molar-refractivity contribution is 6.00. The van der Waals surface area contributed by atoms with Gasteiger partial charge in [-0.15, -0.1) is 0 Å². The van der Waals surface area contributed by atoms with Crippen LogP contribution in [0.3, 0.4) is 0 Å². The van der Waals surface area contributed by atoms with Crippen LogP contribution in [0.5, 0.6) is 5.75 Å². The molecule has 0 radical (unpaired) electrons. The Kier molecular flexibility index (Phi) is 8.06. The molecule has 1 heterocycles. The third-order valence-electron chi connectivity index (χ3n) is 5.59. The molecule has 8 nitrogen and oxygen atoms in total. The fourth-order valence-corrected chi connectivity index (χ4v) is 3.77. The van der Waals surface area contributed by atoms with Gasteiger partial charge in [-0.2, -0.15) is 0 Å². The summed E-state index contributed by atoms with van der Waals surface area (Å²) < 4.78 is 5.61. The Balaban J connectivity index is 1.54. The standard InChI is InChI=1S/C25H31N3O5/c1-4-18-7-5-6-16(2)24(18)27-22(30)15-33-21-10-8-20(9-11-21)28-14-19(12-23(28)31)25(32)26-13-17(3)29/h5-11,17,19,29H,4,12-15H2,1-3H3,(H,26,32)(H,27,30)/t17-,19+/m0/s1. The van der Waals surface area contributed by atoms with Crippen LogP contribution in [0.15, 0.2) is 42.5 Å². The average Bonchev–Trinajstić information content (AvgIpc) is 3.19. The Morgan fingerprint density at radius 2 is 1.94 bits per heavy atom. The molecule has 0 spiro atoms. The van der Waals surface area contributed by atoms with E-state index in [0.29, 0.717) is 11.4 Å². The molecule has 8 heteroatoms. The molecule has 1 aliphatic heterocycles. The van der Waals surface area contributed by atoms with Crippen LogP contribution in [0.1, 0.15) is 31.4 Å². The summed E-state index contributed by atoms with van der Waals surface area (Å²) in [6, 6.07) is 12.8. The van der Waals surface area contributed by atoms with Crippen molar-refractivity contribution in [2.75, 3.05) is 29.9 Å². The van der Waals surface area contributed by atoms with E-state index < -0.39 is 12.0 Å². The zero-order valence-corrected chi connectivity index (χ0v) is 19.3. The molecule has 1 saturated heterocycles. The van der Waals surface area contributed by atoms with Crippen molar-refractivity contribution in [3.05, 3.63) is 53.6 Å². The van der Waals surface area contributed by atoms with E-state index in [1.54, 1.807) is 36.1 Å². The van der Waals surface area contributed by atoms with E-state index in [9.17, 15) is 19.5 Å². The molecular weight excluding hydrogens is 422 g/mol. The molecule has 2 aromatic carbocycles. The van der Waals surface area contributed by atoms with Crippen LogP contribution in [-0.4, -0.2) is 48.6 Å². The number of benzene rings is 2. The van der Waals surface area contributed by atoms with Gasteiger partial charge in [-0.3, -0.25) is 14.4 Å².